The quantitative estimate of drug-likeness (QED) is 0.600. The molecular formula is C12H18N2O3. The van der Waals surface area contributed by atoms with Crippen LogP contribution in [0.4, 0.5) is 11.4 Å². The highest BCUT2D eigenvalue weighted by Gasteiger charge is 2.25. The molecule has 0 spiro atoms. The van der Waals surface area contributed by atoms with E-state index < -0.39 is 6.23 Å². The zero-order valence-electron chi connectivity index (χ0n) is 9.93. The van der Waals surface area contributed by atoms with Crippen molar-refractivity contribution < 1.29 is 14.6 Å². The van der Waals surface area contributed by atoms with Gasteiger partial charge in [0.25, 0.3) is 0 Å². The van der Waals surface area contributed by atoms with Crippen LogP contribution in [-0.4, -0.2) is 38.2 Å². The van der Waals surface area contributed by atoms with E-state index in [9.17, 15) is 5.11 Å². The predicted octanol–water partition coefficient (Wildman–Crippen LogP) is 0.823. The first-order valence-corrected chi connectivity index (χ1v) is 5.68. The van der Waals surface area contributed by atoms with Gasteiger partial charge in [0.15, 0.2) is 6.23 Å². The number of nitrogen functional groups attached to an aromatic ring is 1. The number of hydrogen-bond acceptors (Lipinski definition) is 5. The average molecular weight is 238 g/mol. The Labute approximate surface area is 101 Å². The number of nitrogens with zero attached hydrogens (tertiary/aromatic N) is 1. The van der Waals surface area contributed by atoms with Gasteiger partial charge >= 0.3 is 0 Å². The number of ether oxygens (including phenoxy) is 2. The third-order valence-electron chi connectivity index (χ3n) is 2.79. The molecule has 0 aromatic heterocycles. The summed E-state index contributed by atoms with van der Waals surface area (Å²) in [5, 5.41) is 9.93. The summed E-state index contributed by atoms with van der Waals surface area (Å²) in [6.07, 6.45) is 0.225. The van der Waals surface area contributed by atoms with Crippen LogP contribution in [-0.2, 0) is 4.74 Å². The fraction of sp³-hybridized carbons (Fsp3) is 0.500. The van der Waals surface area contributed by atoms with Gasteiger partial charge in [0, 0.05) is 25.9 Å². The molecule has 0 amide bonds. The van der Waals surface area contributed by atoms with Gasteiger partial charge in [-0.25, -0.2) is 0 Å². The van der Waals surface area contributed by atoms with Gasteiger partial charge in [-0.1, -0.05) is 0 Å². The summed E-state index contributed by atoms with van der Waals surface area (Å²) in [6, 6.07) is 5.45. The Balaban J connectivity index is 2.17. The summed E-state index contributed by atoms with van der Waals surface area (Å²) in [5.74, 6) is 0.766. The van der Waals surface area contributed by atoms with E-state index in [1.807, 2.05) is 17.0 Å². The highest BCUT2D eigenvalue weighted by atomic mass is 16.5. The summed E-state index contributed by atoms with van der Waals surface area (Å²) in [7, 11) is 1.67. The topological polar surface area (TPSA) is 68.0 Å². The molecule has 17 heavy (non-hydrogen) atoms. The number of rotatable bonds is 4. The van der Waals surface area contributed by atoms with Crippen LogP contribution >= 0.6 is 0 Å². The number of anilines is 2. The van der Waals surface area contributed by atoms with Crippen molar-refractivity contribution in [2.24, 2.45) is 0 Å². The maximum atomic E-state index is 9.93. The predicted molar refractivity (Wildman–Crippen MR) is 66.2 cm³/mol. The molecule has 0 saturated carbocycles. The van der Waals surface area contributed by atoms with E-state index in [4.69, 9.17) is 15.2 Å². The van der Waals surface area contributed by atoms with Gasteiger partial charge in [-0.15, -0.1) is 0 Å². The van der Waals surface area contributed by atoms with Crippen LogP contribution < -0.4 is 15.4 Å². The summed E-state index contributed by atoms with van der Waals surface area (Å²) < 4.78 is 10.5. The Morgan fingerprint density at radius 2 is 2.41 bits per heavy atom. The monoisotopic (exact) mass is 238 g/mol. The molecule has 1 aromatic rings. The number of nitrogens with two attached hydrogens (primary N) is 1. The van der Waals surface area contributed by atoms with E-state index >= 15 is 0 Å². The van der Waals surface area contributed by atoms with Gasteiger partial charge in [0.05, 0.1) is 5.69 Å². The molecular weight excluding hydrogens is 220 g/mol. The Morgan fingerprint density at radius 3 is 3.18 bits per heavy atom. The largest absolute Gasteiger partial charge is 0.487 e. The van der Waals surface area contributed by atoms with Crippen LogP contribution in [0.1, 0.15) is 6.42 Å². The fourth-order valence-corrected chi connectivity index (χ4v) is 1.94. The SMILES string of the molecule is COCCCN1c2cc(N)ccc2OCC1O. The normalized spacial score (nSPS) is 18.7. The molecule has 1 aliphatic rings. The molecule has 2 rings (SSSR count). The van der Waals surface area contributed by atoms with Gasteiger partial charge in [-0.05, 0) is 24.6 Å². The summed E-state index contributed by atoms with van der Waals surface area (Å²) in [5.41, 5.74) is 7.27. The molecule has 1 aliphatic heterocycles. The van der Waals surface area contributed by atoms with E-state index in [1.54, 1.807) is 13.2 Å². The van der Waals surface area contributed by atoms with Gasteiger partial charge in [0.2, 0.25) is 0 Å². The second-order valence-corrected chi connectivity index (χ2v) is 4.06. The van der Waals surface area contributed by atoms with Crippen molar-refractivity contribution in [3.63, 3.8) is 0 Å². The van der Waals surface area contributed by atoms with Crippen molar-refractivity contribution in [2.45, 2.75) is 12.6 Å². The maximum Gasteiger partial charge on any atom is 0.161 e. The lowest BCUT2D eigenvalue weighted by atomic mass is 10.2. The Kier molecular flexibility index (Phi) is 3.71. The lowest BCUT2D eigenvalue weighted by molar-refractivity contribution is 0.0883. The van der Waals surface area contributed by atoms with Gasteiger partial charge < -0.3 is 25.2 Å². The second-order valence-electron chi connectivity index (χ2n) is 4.06. The molecule has 1 aromatic carbocycles. The van der Waals surface area contributed by atoms with Crippen molar-refractivity contribution in [3.05, 3.63) is 18.2 Å². The zero-order valence-corrected chi connectivity index (χ0v) is 9.93. The first kappa shape index (κ1) is 12.0. The van der Waals surface area contributed by atoms with Crippen molar-refractivity contribution in [1.29, 1.82) is 0 Å². The van der Waals surface area contributed by atoms with Crippen LogP contribution in [0.2, 0.25) is 0 Å². The summed E-state index contributed by atoms with van der Waals surface area (Å²) in [6.45, 7) is 1.67. The lowest BCUT2D eigenvalue weighted by Gasteiger charge is -2.35. The third-order valence-corrected chi connectivity index (χ3v) is 2.79. The van der Waals surface area contributed by atoms with E-state index in [0.717, 1.165) is 24.4 Å². The van der Waals surface area contributed by atoms with E-state index in [0.29, 0.717) is 12.3 Å². The fourth-order valence-electron chi connectivity index (χ4n) is 1.94. The molecule has 0 aliphatic carbocycles. The van der Waals surface area contributed by atoms with Crippen LogP contribution in [0.3, 0.4) is 0 Å². The molecule has 3 N–H and O–H groups in total. The summed E-state index contributed by atoms with van der Waals surface area (Å²) >= 11 is 0. The van der Waals surface area contributed by atoms with Crippen molar-refractivity contribution >= 4 is 11.4 Å². The standard InChI is InChI=1S/C12H18N2O3/c1-16-6-2-5-14-10-7-9(13)3-4-11(10)17-8-12(14)15/h3-4,7,12,15H,2,5-6,8,13H2,1H3. The number of fused-ring (bicyclic) bond motifs is 1. The molecule has 0 saturated heterocycles. The smallest absolute Gasteiger partial charge is 0.161 e. The number of aliphatic hydroxyl groups is 1. The van der Waals surface area contributed by atoms with Crippen LogP contribution in [0.5, 0.6) is 5.75 Å². The van der Waals surface area contributed by atoms with E-state index in [-0.39, 0.29) is 6.61 Å². The van der Waals surface area contributed by atoms with Crippen molar-refractivity contribution in [2.75, 3.05) is 37.5 Å². The molecule has 0 radical (unpaired) electrons. The zero-order chi connectivity index (χ0) is 12.3. The van der Waals surface area contributed by atoms with Crippen molar-refractivity contribution in [1.82, 2.24) is 0 Å². The molecule has 1 atom stereocenters. The number of aliphatic hydroxyl groups excluding tert-OH is 1. The molecule has 1 heterocycles. The minimum atomic E-state index is -0.624. The Morgan fingerprint density at radius 1 is 1.59 bits per heavy atom. The third kappa shape index (κ3) is 2.62. The number of hydrogen-bond donors (Lipinski definition) is 2. The first-order valence-electron chi connectivity index (χ1n) is 5.68. The van der Waals surface area contributed by atoms with Crippen LogP contribution in [0.25, 0.3) is 0 Å². The Hall–Kier alpha value is -1.46. The molecule has 5 nitrogen and oxygen atoms in total. The highest BCUT2D eigenvalue weighted by molar-refractivity contribution is 5.66. The molecule has 0 bridgehead atoms. The molecule has 94 valence electrons. The van der Waals surface area contributed by atoms with Gasteiger partial charge in [-0.3, -0.25) is 0 Å². The van der Waals surface area contributed by atoms with Gasteiger partial charge in [-0.2, -0.15) is 0 Å². The number of benzene rings is 1. The summed E-state index contributed by atoms with van der Waals surface area (Å²) in [4.78, 5) is 1.90. The second kappa shape index (κ2) is 5.25. The maximum absolute atomic E-state index is 9.93. The van der Waals surface area contributed by atoms with Gasteiger partial charge in [0.1, 0.15) is 12.4 Å². The van der Waals surface area contributed by atoms with Crippen LogP contribution in [0, 0.1) is 0 Å². The first-order chi connectivity index (χ1) is 8.22. The molecule has 0 fully saturated rings. The highest BCUT2D eigenvalue weighted by Crippen LogP contribution is 2.34. The Bertz CT molecular complexity index is 384. The average Bonchev–Trinajstić information content (AvgIpc) is 2.32. The van der Waals surface area contributed by atoms with Crippen LogP contribution in [0.15, 0.2) is 18.2 Å². The molecule has 1 unspecified atom stereocenters. The number of methoxy groups -OCH3 is 1. The van der Waals surface area contributed by atoms with E-state index in [2.05, 4.69) is 0 Å². The molecule has 5 heteroatoms. The van der Waals surface area contributed by atoms with Crippen molar-refractivity contribution in [3.8, 4) is 5.75 Å². The van der Waals surface area contributed by atoms with E-state index in [1.165, 1.54) is 0 Å². The minimum absolute atomic E-state index is 0.282. The lowest BCUT2D eigenvalue weighted by Crippen LogP contribution is -2.43. The minimum Gasteiger partial charge on any atom is -0.487 e.